The lowest BCUT2D eigenvalue weighted by molar-refractivity contribution is -0.150. The van der Waals surface area contributed by atoms with Gasteiger partial charge in [0.15, 0.2) is 0 Å². The predicted octanol–water partition coefficient (Wildman–Crippen LogP) is 1.42. The van der Waals surface area contributed by atoms with E-state index in [0.717, 1.165) is 11.3 Å². The quantitative estimate of drug-likeness (QED) is 0.884. The molecule has 2 rings (SSSR count). The van der Waals surface area contributed by atoms with Crippen molar-refractivity contribution in [3.8, 4) is 5.75 Å². The number of benzene rings is 1. The van der Waals surface area contributed by atoms with E-state index in [1.807, 2.05) is 24.3 Å². The maximum atomic E-state index is 12.1. The first-order valence-electron chi connectivity index (χ1n) is 6.64. The molecular weight excluding hydrogens is 258 g/mol. The number of ether oxygens (including phenoxy) is 1. The van der Waals surface area contributed by atoms with Gasteiger partial charge in [0.05, 0.1) is 19.4 Å². The molecule has 1 amide bonds. The fourth-order valence-corrected chi connectivity index (χ4v) is 2.30. The van der Waals surface area contributed by atoms with Gasteiger partial charge in [-0.1, -0.05) is 19.1 Å². The third-order valence-corrected chi connectivity index (χ3v) is 3.85. The minimum atomic E-state index is -0.796. The zero-order valence-electron chi connectivity index (χ0n) is 11.7. The number of likely N-dealkylation sites (tertiary alicyclic amines) is 1. The van der Waals surface area contributed by atoms with Crippen LogP contribution in [0.2, 0.25) is 0 Å². The average molecular weight is 277 g/mol. The molecule has 0 aliphatic carbocycles. The maximum absolute atomic E-state index is 12.1. The Bertz CT molecular complexity index is 508. The zero-order chi connectivity index (χ0) is 14.7. The lowest BCUT2D eigenvalue weighted by Crippen LogP contribution is -2.53. The van der Waals surface area contributed by atoms with Crippen LogP contribution in [0.5, 0.6) is 5.75 Å². The highest BCUT2D eigenvalue weighted by molar-refractivity contribution is 5.80. The smallest absolute Gasteiger partial charge is 0.306 e. The number of aliphatic carboxylic acids is 1. The Labute approximate surface area is 118 Å². The summed E-state index contributed by atoms with van der Waals surface area (Å²) < 4.78 is 5.12. The molecule has 1 atom stereocenters. The van der Waals surface area contributed by atoms with Crippen LogP contribution >= 0.6 is 0 Å². The maximum Gasteiger partial charge on any atom is 0.306 e. The largest absolute Gasteiger partial charge is 0.497 e. The highest BCUT2D eigenvalue weighted by Crippen LogP contribution is 2.25. The summed E-state index contributed by atoms with van der Waals surface area (Å²) >= 11 is 0. The molecule has 1 saturated heterocycles. The van der Waals surface area contributed by atoms with E-state index in [1.54, 1.807) is 18.9 Å². The first-order chi connectivity index (χ1) is 9.51. The molecule has 1 aliphatic heterocycles. The molecule has 0 radical (unpaired) electrons. The van der Waals surface area contributed by atoms with E-state index in [4.69, 9.17) is 9.84 Å². The van der Waals surface area contributed by atoms with Crippen LogP contribution in [0, 0.1) is 11.8 Å². The lowest BCUT2D eigenvalue weighted by atomic mass is 9.87. The summed E-state index contributed by atoms with van der Waals surface area (Å²) in [6.45, 7) is 2.77. The van der Waals surface area contributed by atoms with Crippen LogP contribution in [0.1, 0.15) is 12.5 Å². The van der Waals surface area contributed by atoms with Crippen molar-refractivity contribution in [3.63, 3.8) is 0 Å². The fraction of sp³-hybridized carbons (Fsp3) is 0.467. The Hall–Kier alpha value is -2.04. The molecule has 1 N–H and O–H groups in total. The third kappa shape index (κ3) is 3.10. The van der Waals surface area contributed by atoms with Crippen LogP contribution in [0.3, 0.4) is 0 Å². The van der Waals surface area contributed by atoms with Crippen LogP contribution < -0.4 is 4.74 Å². The average Bonchev–Trinajstić information content (AvgIpc) is 2.36. The van der Waals surface area contributed by atoms with Crippen molar-refractivity contribution >= 4 is 11.9 Å². The number of carboxylic acids is 1. The Kier molecular flexibility index (Phi) is 4.27. The highest BCUT2D eigenvalue weighted by atomic mass is 16.5. The molecule has 0 spiro atoms. The second kappa shape index (κ2) is 5.94. The molecule has 0 bridgehead atoms. The molecule has 1 aromatic rings. The molecular formula is C15H19NO4. The second-order valence-corrected chi connectivity index (χ2v) is 5.21. The van der Waals surface area contributed by atoms with E-state index in [2.05, 4.69) is 0 Å². The number of rotatable bonds is 5. The Morgan fingerprint density at radius 1 is 1.45 bits per heavy atom. The van der Waals surface area contributed by atoms with Gasteiger partial charge < -0.3 is 14.7 Å². The van der Waals surface area contributed by atoms with Gasteiger partial charge >= 0.3 is 5.97 Å². The van der Waals surface area contributed by atoms with E-state index in [-0.39, 0.29) is 11.8 Å². The summed E-state index contributed by atoms with van der Waals surface area (Å²) in [6, 6.07) is 7.42. The molecule has 5 heteroatoms. The molecule has 1 aromatic carbocycles. The van der Waals surface area contributed by atoms with Crippen LogP contribution in [0.4, 0.5) is 0 Å². The number of carbonyl (C=O) groups excluding carboxylic acids is 1. The number of hydrogen-bond donors (Lipinski definition) is 1. The second-order valence-electron chi connectivity index (χ2n) is 5.21. The first kappa shape index (κ1) is 14.4. The molecule has 1 fully saturated rings. The van der Waals surface area contributed by atoms with E-state index in [1.165, 1.54) is 0 Å². The zero-order valence-corrected chi connectivity index (χ0v) is 11.7. The monoisotopic (exact) mass is 277 g/mol. The number of carboxylic acid groups (broad SMARTS) is 1. The van der Waals surface area contributed by atoms with Crippen molar-refractivity contribution in [2.45, 2.75) is 13.3 Å². The Balaban J connectivity index is 1.86. The van der Waals surface area contributed by atoms with Crippen molar-refractivity contribution in [1.82, 2.24) is 4.90 Å². The lowest BCUT2D eigenvalue weighted by Gasteiger charge is -2.41. The summed E-state index contributed by atoms with van der Waals surface area (Å²) in [7, 11) is 1.59. The van der Waals surface area contributed by atoms with Crippen molar-refractivity contribution in [2.24, 2.45) is 11.8 Å². The van der Waals surface area contributed by atoms with Gasteiger partial charge in [0, 0.05) is 19.0 Å². The predicted molar refractivity (Wildman–Crippen MR) is 73.6 cm³/mol. The summed E-state index contributed by atoms with van der Waals surface area (Å²) in [5.74, 6) is -0.351. The van der Waals surface area contributed by atoms with Crippen LogP contribution in [-0.4, -0.2) is 42.1 Å². The van der Waals surface area contributed by atoms with Crippen molar-refractivity contribution in [3.05, 3.63) is 29.8 Å². The van der Waals surface area contributed by atoms with E-state index < -0.39 is 11.9 Å². The van der Waals surface area contributed by atoms with Gasteiger partial charge in [0.25, 0.3) is 0 Å². The first-order valence-corrected chi connectivity index (χ1v) is 6.64. The van der Waals surface area contributed by atoms with Gasteiger partial charge in [-0.25, -0.2) is 0 Å². The number of carbonyl (C=O) groups is 2. The van der Waals surface area contributed by atoms with Gasteiger partial charge in [0.2, 0.25) is 5.91 Å². The molecule has 108 valence electrons. The summed E-state index contributed by atoms with van der Waals surface area (Å²) in [5, 5.41) is 8.92. The minimum absolute atomic E-state index is 0.0343. The molecule has 0 saturated carbocycles. The molecule has 20 heavy (non-hydrogen) atoms. The van der Waals surface area contributed by atoms with Gasteiger partial charge in [-0.3, -0.25) is 9.59 Å². The van der Waals surface area contributed by atoms with Crippen molar-refractivity contribution in [1.29, 1.82) is 0 Å². The van der Waals surface area contributed by atoms with Gasteiger partial charge in [-0.05, 0) is 17.7 Å². The van der Waals surface area contributed by atoms with Crippen LogP contribution in [0.25, 0.3) is 0 Å². The van der Waals surface area contributed by atoms with E-state index in [0.29, 0.717) is 19.5 Å². The molecule has 0 aromatic heterocycles. The molecule has 1 heterocycles. The Morgan fingerprint density at radius 3 is 2.75 bits per heavy atom. The molecule has 5 nitrogen and oxygen atoms in total. The van der Waals surface area contributed by atoms with Crippen LogP contribution in [-0.2, 0) is 16.0 Å². The fourth-order valence-electron chi connectivity index (χ4n) is 2.30. The molecule has 1 unspecified atom stereocenters. The Morgan fingerprint density at radius 2 is 2.15 bits per heavy atom. The molecule has 1 aliphatic rings. The summed E-state index contributed by atoms with van der Waals surface area (Å²) in [6.07, 6.45) is 0.325. The van der Waals surface area contributed by atoms with Gasteiger partial charge in [0.1, 0.15) is 5.75 Å². The SMILES string of the molecule is COc1cccc(CC(=O)N2CC(C(C)C(=O)O)C2)c1. The topological polar surface area (TPSA) is 66.8 Å². The van der Waals surface area contributed by atoms with Gasteiger partial charge in [-0.15, -0.1) is 0 Å². The van der Waals surface area contributed by atoms with E-state index in [9.17, 15) is 9.59 Å². The minimum Gasteiger partial charge on any atom is -0.497 e. The van der Waals surface area contributed by atoms with Crippen LogP contribution in [0.15, 0.2) is 24.3 Å². The van der Waals surface area contributed by atoms with Crippen molar-refractivity contribution < 1.29 is 19.4 Å². The number of nitrogens with zero attached hydrogens (tertiary/aromatic N) is 1. The van der Waals surface area contributed by atoms with Crippen molar-refractivity contribution in [2.75, 3.05) is 20.2 Å². The normalized spacial score (nSPS) is 16.4. The standard InChI is InChI=1S/C15H19NO4/c1-10(15(18)19)12-8-16(9-12)14(17)7-11-4-3-5-13(6-11)20-2/h3-6,10,12H,7-9H2,1-2H3,(H,18,19). The summed E-state index contributed by atoms with van der Waals surface area (Å²) in [5.41, 5.74) is 0.907. The number of methoxy groups -OCH3 is 1. The summed E-state index contributed by atoms with van der Waals surface area (Å²) in [4.78, 5) is 24.6. The van der Waals surface area contributed by atoms with Gasteiger partial charge in [-0.2, -0.15) is 0 Å². The third-order valence-electron chi connectivity index (χ3n) is 3.85. The number of amides is 1. The highest BCUT2D eigenvalue weighted by Gasteiger charge is 2.36. The number of hydrogen-bond acceptors (Lipinski definition) is 3. The van der Waals surface area contributed by atoms with E-state index >= 15 is 0 Å².